The molecule has 0 spiro atoms. The molecule has 0 aliphatic carbocycles. The normalized spacial score (nSPS) is 16.7. The van der Waals surface area contributed by atoms with Crippen molar-refractivity contribution in [3.8, 4) is 11.4 Å². The number of hydrogen-bond acceptors (Lipinski definition) is 5. The van der Waals surface area contributed by atoms with Crippen LogP contribution in [0.1, 0.15) is 40.8 Å². The van der Waals surface area contributed by atoms with Gasteiger partial charge < -0.3 is 29.9 Å². The van der Waals surface area contributed by atoms with Crippen LogP contribution in [0.25, 0.3) is 5.69 Å². The van der Waals surface area contributed by atoms with E-state index >= 15 is 0 Å². The largest absolute Gasteiger partial charge is 0.495 e. The SMILES string of the molecule is COc1ccc(N2C(=S)NC(c3ccccn3)C2c2cccn2-c2cccc(C(=O)O)c2)cc1NC(C)=O. The highest BCUT2D eigenvalue weighted by Gasteiger charge is 2.42. The minimum Gasteiger partial charge on any atom is -0.495 e. The average Bonchev–Trinajstić information content (AvgIpc) is 3.53. The number of anilines is 2. The zero-order chi connectivity index (χ0) is 26.8. The van der Waals surface area contributed by atoms with Crippen molar-refractivity contribution in [3.63, 3.8) is 0 Å². The van der Waals surface area contributed by atoms with Crippen molar-refractivity contribution < 1.29 is 19.4 Å². The summed E-state index contributed by atoms with van der Waals surface area (Å²) >= 11 is 5.84. The summed E-state index contributed by atoms with van der Waals surface area (Å²) in [6.45, 7) is 1.44. The Morgan fingerprint density at radius 3 is 2.61 bits per heavy atom. The molecule has 2 atom stereocenters. The monoisotopic (exact) mass is 527 g/mol. The van der Waals surface area contributed by atoms with E-state index in [4.69, 9.17) is 17.0 Å². The highest BCUT2D eigenvalue weighted by molar-refractivity contribution is 7.80. The molecule has 1 aliphatic rings. The number of nitrogens with zero attached hydrogens (tertiary/aromatic N) is 3. The predicted molar refractivity (Wildman–Crippen MR) is 148 cm³/mol. The summed E-state index contributed by atoms with van der Waals surface area (Å²) in [6, 6.07) is 21.2. The quantitative estimate of drug-likeness (QED) is 0.297. The molecule has 1 amide bonds. The zero-order valence-electron chi connectivity index (χ0n) is 20.7. The van der Waals surface area contributed by atoms with Crippen LogP contribution in [0.4, 0.5) is 11.4 Å². The highest BCUT2D eigenvalue weighted by Crippen LogP contribution is 2.43. The van der Waals surface area contributed by atoms with E-state index in [1.807, 2.05) is 64.2 Å². The van der Waals surface area contributed by atoms with Gasteiger partial charge in [0.25, 0.3) is 0 Å². The molecule has 2 unspecified atom stereocenters. The van der Waals surface area contributed by atoms with Crippen molar-refractivity contribution in [2.24, 2.45) is 0 Å². The predicted octanol–water partition coefficient (Wildman–Crippen LogP) is 4.71. The number of carboxylic acid groups (broad SMARTS) is 1. The Balaban J connectivity index is 1.67. The van der Waals surface area contributed by atoms with Crippen LogP contribution in [0.2, 0.25) is 0 Å². The molecule has 4 aromatic rings. The molecule has 5 rings (SSSR count). The highest BCUT2D eigenvalue weighted by atomic mass is 32.1. The summed E-state index contributed by atoms with van der Waals surface area (Å²) in [5.41, 5.74) is 3.82. The average molecular weight is 528 g/mol. The standard InChI is InChI=1S/C28H25N5O4S/c1-17(34)30-22-16-20(11-12-24(22)37-2)33-26(25(31-28(33)38)21-9-3-4-13-29-21)23-10-6-14-32(23)19-8-5-7-18(15-19)27(35)36/h3-16,25-26H,1-2H3,(H,30,34)(H,31,38)(H,35,36). The number of thiocarbonyl (C=S) groups is 1. The van der Waals surface area contributed by atoms with Gasteiger partial charge in [0, 0.05) is 36.4 Å². The van der Waals surface area contributed by atoms with Gasteiger partial charge in [-0.25, -0.2) is 4.79 Å². The van der Waals surface area contributed by atoms with Crippen LogP contribution in [0.15, 0.2) is 85.2 Å². The molecule has 192 valence electrons. The molecule has 0 radical (unpaired) electrons. The van der Waals surface area contributed by atoms with Crippen LogP contribution in [-0.4, -0.2) is 38.8 Å². The summed E-state index contributed by atoms with van der Waals surface area (Å²) in [5.74, 6) is -0.702. The molecule has 1 aliphatic heterocycles. The first-order valence-electron chi connectivity index (χ1n) is 11.8. The lowest BCUT2D eigenvalue weighted by Crippen LogP contribution is -2.30. The Labute approximate surface area is 224 Å². The van der Waals surface area contributed by atoms with Crippen molar-refractivity contribution >= 4 is 40.6 Å². The number of benzene rings is 2. The van der Waals surface area contributed by atoms with Crippen molar-refractivity contribution in [3.05, 3.63) is 102 Å². The van der Waals surface area contributed by atoms with Gasteiger partial charge in [-0.3, -0.25) is 9.78 Å². The lowest BCUT2D eigenvalue weighted by Gasteiger charge is -2.29. The molecular weight excluding hydrogens is 502 g/mol. The number of carboxylic acids is 1. The minimum absolute atomic E-state index is 0.190. The van der Waals surface area contributed by atoms with Crippen LogP contribution < -0.4 is 20.3 Å². The van der Waals surface area contributed by atoms with E-state index in [1.54, 1.807) is 37.6 Å². The third-order valence-electron chi connectivity index (χ3n) is 6.32. The number of carbonyl (C=O) groups excluding carboxylic acids is 1. The summed E-state index contributed by atoms with van der Waals surface area (Å²) in [6.07, 6.45) is 3.62. The number of nitrogens with one attached hydrogen (secondary N) is 2. The molecule has 0 saturated carbocycles. The van der Waals surface area contributed by atoms with Crippen LogP contribution in [0, 0.1) is 0 Å². The van der Waals surface area contributed by atoms with Gasteiger partial charge in [-0.2, -0.15) is 0 Å². The lowest BCUT2D eigenvalue weighted by atomic mass is 10.0. The van der Waals surface area contributed by atoms with Gasteiger partial charge in [-0.15, -0.1) is 0 Å². The molecule has 1 fully saturated rings. The van der Waals surface area contributed by atoms with Crippen molar-refractivity contribution in [2.45, 2.75) is 19.0 Å². The van der Waals surface area contributed by atoms with E-state index in [-0.39, 0.29) is 23.6 Å². The van der Waals surface area contributed by atoms with Gasteiger partial charge in [0.15, 0.2) is 5.11 Å². The van der Waals surface area contributed by atoms with Crippen molar-refractivity contribution in [2.75, 3.05) is 17.3 Å². The van der Waals surface area contributed by atoms with E-state index in [1.165, 1.54) is 6.92 Å². The number of rotatable bonds is 7. The summed E-state index contributed by atoms with van der Waals surface area (Å²) in [7, 11) is 1.54. The molecule has 3 N–H and O–H groups in total. The summed E-state index contributed by atoms with van der Waals surface area (Å²) in [5, 5.41) is 16.3. The van der Waals surface area contributed by atoms with E-state index in [0.29, 0.717) is 22.2 Å². The zero-order valence-corrected chi connectivity index (χ0v) is 21.5. The fourth-order valence-corrected chi connectivity index (χ4v) is 5.07. The fraction of sp³-hybridized carbons (Fsp3) is 0.143. The van der Waals surface area contributed by atoms with Crippen LogP contribution in [0.3, 0.4) is 0 Å². The molecule has 0 bridgehead atoms. The number of ether oxygens (including phenoxy) is 1. The molecule has 3 heterocycles. The van der Waals surface area contributed by atoms with Gasteiger partial charge in [-0.1, -0.05) is 12.1 Å². The first kappa shape index (κ1) is 25.0. The van der Waals surface area contributed by atoms with Gasteiger partial charge in [0.05, 0.1) is 30.1 Å². The summed E-state index contributed by atoms with van der Waals surface area (Å²) in [4.78, 5) is 30.1. The van der Waals surface area contributed by atoms with E-state index in [0.717, 1.165) is 17.1 Å². The fourth-order valence-electron chi connectivity index (χ4n) is 4.73. The number of methoxy groups -OCH3 is 1. The van der Waals surface area contributed by atoms with E-state index in [2.05, 4.69) is 15.6 Å². The van der Waals surface area contributed by atoms with E-state index < -0.39 is 5.97 Å². The Bertz CT molecular complexity index is 1520. The first-order chi connectivity index (χ1) is 18.4. The Kier molecular flexibility index (Phi) is 6.80. The Morgan fingerprint density at radius 1 is 1.05 bits per heavy atom. The molecule has 10 heteroatoms. The maximum absolute atomic E-state index is 11.9. The topological polar surface area (TPSA) is 109 Å². The van der Waals surface area contributed by atoms with E-state index in [9.17, 15) is 14.7 Å². The molecule has 9 nitrogen and oxygen atoms in total. The summed E-state index contributed by atoms with van der Waals surface area (Å²) < 4.78 is 7.40. The molecule has 2 aromatic heterocycles. The number of carbonyl (C=O) groups is 2. The number of aromatic nitrogens is 2. The Hall–Kier alpha value is -4.70. The Morgan fingerprint density at radius 2 is 1.89 bits per heavy atom. The van der Waals surface area contributed by atoms with Crippen LogP contribution in [0.5, 0.6) is 5.75 Å². The van der Waals surface area contributed by atoms with Gasteiger partial charge in [-0.05, 0) is 72.9 Å². The van der Waals surface area contributed by atoms with Crippen LogP contribution >= 0.6 is 12.2 Å². The minimum atomic E-state index is -0.999. The third-order valence-corrected chi connectivity index (χ3v) is 6.64. The smallest absolute Gasteiger partial charge is 0.335 e. The maximum Gasteiger partial charge on any atom is 0.335 e. The first-order valence-corrected chi connectivity index (χ1v) is 12.3. The lowest BCUT2D eigenvalue weighted by molar-refractivity contribution is -0.114. The molecule has 38 heavy (non-hydrogen) atoms. The number of hydrogen-bond donors (Lipinski definition) is 3. The van der Waals surface area contributed by atoms with Crippen molar-refractivity contribution in [1.82, 2.24) is 14.9 Å². The number of aromatic carboxylic acids is 1. The van der Waals surface area contributed by atoms with Crippen molar-refractivity contribution in [1.29, 1.82) is 0 Å². The number of amides is 1. The van der Waals surface area contributed by atoms with Gasteiger partial charge >= 0.3 is 5.97 Å². The van der Waals surface area contributed by atoms with Gasteiger partial charge in [0.1, 0.15) is 11.8 Å². The second kappa shape index (κ2) is 10.3. The maximum atomic E-state index is 11.9. The van der Waals surface area contributed by atoms with Crippen LogP contribution in [-0.2, 0) is 4.79 Å². The number of pyridine rings is 1. The molecular formula is C28H25N5O4S. The second-order valence-electron chi connectivity index (χ2n) is 8.72. The third kappa shape index (κ3) is 4.69. The van der Waals surface area contributed by atoms with Gasteiger partial charge in [0.2, 0.25) is 5.91 Å². The molecule has 2 aromatic carbocycles. The molecule has 1 saturated heterocycles. The second-order valence-corrected chi connectivity index (χ2v) is 9.11.